The highest BCUT2D eigenvalue weighted by Gasteiger charge is 2.19. The quantitative estimate of drug-likeness (QED) is 0.855. The maximum Gasteiger partial charge on any atom is 0.222 e. The lowest BCUT2D eigenvalue weighted by molar-refractivity contribution is -0.130. The molecule has 5 heteroatoms. The smallest absolute Gasteiger partial charge is 0.222 e. The van der Waals surface area contributed by atoms with E-state index in [4.69, 9.17) is 0 Å². The molecule has 1 aromatic heterocycles. The van der Waals surface area contributed by atoms with Crippen molar-refractivity contribution in [1.29, 1.82) is 0 Å². The Labute approximate surface area is 140 Å². The summed E-state index contributed by atoms with van der Waals surface area (Å²) in [6, 6.07) is 10.7. The molecule has 3 rings (SSSR count). The number of carbonyl (C=O) groups excluding carboxylic acids is 1. The van der Waals surface area contributed by atoms with Gasteiger partial charge in [0.2, 0.25) is 5.91 Å². The Morgan fingerprint density at radius 2 is 1.91 bits per heavy atom. The second kappa shape index (κ2) is 7.59. The Bertz CT molecular complexity index is 627. The lowest BCUT2D eigenvalue weighted by Gasteiger charge is -2.23. The summed E-state index contributed by atoms with van der Waals surface area (Å²) in [4.78, 5) is 17.9. The predicted molar refractivity (Wildman–Crippen MR) is 92.5 cm³/mol. The van der Waals surface area contributed by atoms with Crippen LogP contribution in [0.1, 0.15) is 17.7 Å². The van der Waals surface area contributed by atoms with Gasteiger partial charge in [-0.05, 0) is 48.6 Å². The summed E-state index contributed by atoms with van der Waals surface area (Å²) in [6.45, 7) is 3.25. The second-order valence-corrected chi connectivity index (χ2v) is 6.81. The first-order valence-electron chi connectivity index (χ1n) is 8.03. The fraction of sp³-hybridized carbons (Fsp3) is 0.389. The molecule has 0 saturated carbocycles. The second-order valence-electron chi connectivity index (χ2n) is 5.78. The van der Waals surface area contributed by atoms with Crippen molar-refractivity contribution in [3.05, 3.63) is 52.5 Å². The van der Waals surface area contributed by atoms with Crippen LogP contribution in [0.25, 0.3) is 0 Å². The Balaban J connectivity index is 1.53. The molecule has 3 nitrogen and oxygen atoms in total. The van der Waals surface area contributed by atoms with Crippen LogP contribution in [-0.4, -0.2) is 37.0 Å². The van der Waals surface area contributed by atoms with E-state index in [1.54, 1.807) is 11.3 Å². The van der Waals surface area contributed by atoms with E-state index in [2.05, 4.69) is 11.0 Å². The van der Waals surface area contributed by atoms with Gasteiger partial charge in [0, 0.05) is 43.2 Å². The van der Waals surface area contributed by atoms with Gasteiger partial charge in [-0.3, -0.25) is 4.79 Å². The Hall–Kier alpha value is -1.88. The van der Waals surface area contributed by atoms with Crippen LogP contribution in [0.3, 0.4) is 0 Å². The van der Waals surface area contributed by atoms with Gasteiger partial charge >= 0.3 is 0 Å². The highest BCUT2D eigenvalue weighted by molar-refractivity contribution is 7.09. The van der Waals surface area contributed by atoms with E-state index in [1.807, 2.05) is 28.5 Å². The highest BCUT2D eigenvalue weighted by atomic mass is 32.1. The molecule has 122 valence electrons. The van der Waals surface area contributed by atoms with E-state index >= 15 is 0 Å². The molecule has 0 unspecified atom stereocenters. The number of carbonyl (C=O) groups is 1. The standard InChI is InChI=1S/C18H21FN2OS/c19-15-4-6-16(7-5-15)20-10-2-11-21(13-12-20)18(22)9-8-17-3-1-14-23-17/h1,3-7,14H,2,8-13H2. The summed E-state index contributed by atoms with van der Waals surface area (Å²) in [6.07, 6.45) is 2.36. The molecule has 0 atom stereocenters. The van der Waals surface area contributed by atoms with Crippen molar-refractivity contribution in [2.75, 3.05) is 31.1 Å². The van der Waals surface area contributed by atoms with Gasteiger partial charge in [-0.1, -0.05) is 6.07 Å². The van der Waals surface area contributed by atoms with Gasteiger partial charge in [0.25, 0.3) is 0 Å². The largest absolute Gasteiger partial charge is 0.370 e. The van der Waals surface area contributed by atoms with Crippen molar-refractivity contribution in [2.24, 2.45) is 0 Å². The van der Waals surface area contributed by atoms with Gasteiger partial charge in [-0.15, -0.1) is 11.3 Å². The van der Waals surface area contributed by atoms with Crippen LogP contribution >= 0.6 is 11.3 Å². The summed E-state index contributed by atoms with van der Waals surface area (Å²) in [7, 11) is 0. The van der Waals surface area contributed by atoms with Crippen molar-refractivity contribution in [3.8, 4) is 0 Å². The first-order chi connectivity index (χ1) is 11.2. The van der Waals surface area contributed by atoms with E-state index in [1.165, 1.54) is 17.0 Å². The van der Waals surface area contributed by atoms with Crippen molar-refractivity contribution in [1.82, 2.24) is 4.90 Å². The Kier molecular flexibility index (Phi) is 5.28. The molecule has 0 aliphatic carbocycles. The molecule has 23 heavy (non-hydrogen) atoms. The molecule has 2 heterocycles. The van der Waals surface area contributed by atoms with Crippen molar-refractivity contribution in [2.45, 2.75) is 19.3 Å². The molecule has 0 N–H and O–H groups in total. The van der Waals surface area contributed by atoms with Gasteiger partial charge in [0.05, 0.1) is 0 Å². The van der Waals surface area contributed by atoms with Crippen LogP contribution in [-0.2, 0) is 11.2 Å². The SMILES string of the molecule is O=C(CCc1cccs1)N1CCCN(c2ccc(F)cc2)CC1. The lowest BCUT2D eigenvalue weighted by atomic mass is 10.2. The average molecular weight is 332 g/mol. The molecule has 1 saturated heterocycles. The highest BCUT2D eigenvalue weighted by Crippen LogP contribution is 2.18. The molecule has 1 aliphatic heterocycles. The zero-order valence-corrected chi connectivity index (χ0v) is 13.9. The summed E-state index contributed by atoms with van der Waals surface area (Å²) < 4.78 is 13.0. The molecule has 1 aromatic carbocycles. The first kappa shape index (κ1) is 16.0. The number of rotatable bonds is 4. The summed E-state index contributed by atoms with van der Waals surface area (Å²) in [5, 5.41) is 2.05. The fourth-order valence-corrected chi connectivity index (χ4v) is 3.63. The van der Waals surface area contributed by atoms with E-state index in [0.29, 0.717) is 6.42 Å². The normalized spacial score (nSPS) is 15.5. The third-order valence-electron chi connectivity index (χ3n) is 4.21. The summed E-state index contributed by atoms with van der Waals surface area (Å²) >= 11 is 1.70. The lowest BCUT2D eigenvalue weighted by Crippen LogP contribution is -2.35. The number of thiophene rings is 1. The number of hydrogen-bond donors (Lipinski definition) is 0. The molecule has 0 bridgehead atoms. The Morgan fingerprint density at radius 1 is 1.09 bits per heavy atom. The predicted octanol–water partition coefficient (Wildman–Crippen LogP) is 3.56. The zero-order chi connectivity index (χ0) is 16.1. The molecular formula is C18H21FN2OS. The van der Waals surface area contributed by atoms with Crippen LogP contribution in [0.5, 0.6) is 0 Å². The van der Waals surface area contributed by atoms with Crippen LogP contribution < -0.4 is 4.90 Å². The van der Waals surface area contributed by atoms with Crippen LogP contribution in [0.4, 0.5) is 10.1 Å². The molecule has 2 aromatic rings. The van der Waals surface area contributed by atoms with Gasteiger partial charge in [-0.2, -0.15) is 0 Å². The Morgan fingerprint density at radius 3 is 2.65 bits per heavy atom. The maximum atomic E-state index is 13.0. The number of amides is 1. The number of anilines is 1. The maximum absolute atomic E-state index is 13.0. The van der Waals surface area contributed by atoms with Crippen molar-refractivity contribution >= 4 is 22.9 Å². The van der Waals surface area contributed by atoms with E-state index < -0.39 is 0 Å². The molecule has 0 radical (unpaired) electrons. The number of hydrogen-bond acceptors (Lipinski definition) is 3. The van der Waals surface area contributed by atoms with E-state index in [0.717, 1.165) is 44.7 Å². The van der Waals surface area contributed by atoms with Gasteiger partial charge in [0.15, 0.2) is 0 Å². The minimum atomic E-state index is -0.214. The van der Waals surface area contributed by atoms with Crippen molar-refractivity contribution in [3.63, 3.8) is 0 Å². The van der Waals surface area contributed by atoms with Crippen molar-refractivity contribution < 1.29 is 9.18 Å². The molecular weight excluding hydrogens is 311 g/mol. The minimum Gasteiger partial charge on any atom is -0.370 e. The molecule has 1 fully saturated rings. The van der Waals surface area contributed by atoms with Crippen LogP contribution in [0.2, 0.25) is 0 Å². The number of benzene rings is 1. The van der Waals surface area contributed by atoms with E-state index in [9.17, 15) is 9.18 Å². The van der Waals surface area contributed by atoms with Gasteiger partial charge < -0.3 is 9.80 Å². The average Bonchev–Trinajstić information content (AvgIpc) is 2.96. The van der Waals surface area contributed by atoms with Crippen LogP contribution in [0, 0.1) is 5.82 Å². The van der Waals surface area contributed by atoms with Crippen LogP contribution in [0.15, 0.2) is 41.8 Å². The topological polar surface area (TPSA) is 23.6 Å². The summed E-state index contributed by atoms with van der Waals surface area (Å²) in [5.41, 5.74) is 1.03. The third-order valence-corrected chi connectivity index (χ3v) is 5.14. The fourth-order valence-electron chi connectivity index (χ4n) is 2.92. The zero-order valence-electron chi connectivity index (χ0n) is 13.1. The monoisotopic (exact) mass is 332 g/mol. The number of aryl methyl sites for hydroxylation is 1. The third kappa shape index (κ3) is 4.32. The van der Waals surface area contributed by atoms with Gasteiger partial charge in [0.1, 0.15) is 5.82 Å². The number of nitrogens with zero attached hydrogens (tertiary/aromatic N) is 2. The first-order valence-corrected chi connectivity index (χ1v) is 8.91. The van der Waals surface area contributed by atoms with E-state index in [-0.39, 0.29) is 11.7 Å². The minimum absolute atomic E-state index is 0.214. The molecule has 0 spiro atoms. The van der Waals surface area contributed by atoms with Gasteiger partial charge in [-0.25, -0.2) is 4.39 Å². The molecule has 1 aliphatic rings. The molecule has 1 amide bonds. The summed E-state index contributed by atoms with van der Waals surface area (Å²) in [5.74, 6) is 0.0216. The number of halogens is 1.